The van der Waals surface area contributed by atoms with Gasteiger partial charge < -0.3 is 5.11 Å². The quantitative estimate of drug-likeness (QED) is 0.799. The Bertz CT molecular complexity index is 817. The highest BCUT2D eigenvalue weighted by Crippen LogP contribution is 2.30. The van der Waals surface area contributed by atoms with Gasteiger partial charge in [-0.25, -0.2) is 13.2 Å². The summed E-state index contributed by atoms with van der Waals surface area (Å²) in [6.07, 6.45) is 0. The van der Waals surface area contributed by atoms with E-state index in [2.05, 4.69) is 20.7 Å². The number of hydrogen-bond donors (Lipinski definition) is 2. The maximum absolute atomic E-state index is 12.3. The van der Waals surface area contributed by atoms with Crippen LogP contribution in [-0.2, 0) is 10.0 Å². The van der Waals surface area contributed by atoms with Gasteiger partial charge in [0, 0.05) is 9.35 Å². The molecule has 0 radical (unpaired) electrons. The van der Waals surface area contributed by atoms with Crippen LogP contribution in [0.3, 0.4) is 0 Å². The highest BCUT2D eigenvalue weighted by Gasteiger charge is 2.22. The van der Waals surface area contributed by atoms with Crippen LogP contribution in [0.15, 0.2) is 33.6 Å². The van der Waals surface area contributed by atoms with Gasteiger partial charge in [-0.3, -0.25) is 4.72 Å². The summed E-state index contributed by atoms with van der Waals surface area (Å²) in [5, 5.41) is 9.38. The summed E-state index contributed by atoms with van der Waals surface area (Å²) in [5.74, 6) is -1.15. The molecule has 0 fully saturated rings. The molecule has 5 nitrogen and oxygen atoms in total. The van der Waals surface area contributed by atoms with Crippen molar-refractivity contribution >= 4 is 60.5 Å². The lowest BCUT2D eigenvalue weighted by Crippen LogP contribution is -2.13. The number of carboxylic acids is 1. The summed E-state index contributed by atoms with van der Waals surface area (Å²) in [4.78, 5) is 11.2. The minimum Gasteiger partial charge on any atom is -0.477 e. The van der Waals surface area contributed by atoms with Crippen LogP contribution in [0.2, 0.25) is 5.02 Å². The van der Waals surface area contributed by atoms with Crippen molar-refractivity contribution in [2.75, 3.05) is 4.72 Å². The Kier molecular flexibility index (Phi) is 4.62. The van der Waals surface area contributed by atoms with Gasteiger partial charge >= 0.3 is 5.97 Å². The lowest BCUT2D eigenvalue weighted by atomic mass is 10.3. The van der Waals surface area contributed by atoms with Crippen LogP contribution in [0, 0.1) is 6.92 Å². The summed E-state index contributed by atoms with van der Waals surface area (Å²) in [5.41, 5.74) is 0.328. The second-order valence-corrected chi connectivity index (χ2v) is 8.24. The third-order valence-corrected chi connectivity index (χ3v) is 6.43. The Balaban J connectivity index is 2.38. The highest BCUT2D eigenvalue weighted by atomic mass is 79.9. The Morgan fingerprint density at radius 2 is 2.05 bits per heavy atom. The van der Waals surface area contributed by atoms with E-state index in [0.29, 0.717) is 20.1 Å². The van der Waals surface area contributed by atoms with Gasteiger partial charge in [-0.2, -0.15) is 0 Å². The number of sulfonamides is 1. The standard InChI is InChI=1S/C12H9BrClNO4S2/c1-6-11(5-10(20-6)12(16)17)21(18,19)15-7-2-3-9(14)8(13)4-7/h2-5,15H,1H3,(H,16,17). The molecule has 0 amide bonds. The Morgan fingerprint density at radius 1 is 1.38 bits per heavy atom. The molecule has 21 heavy (non-hydrogen) atoms. The minimum absolute atomic E-state index is 0.0230. The van der Waals surface area contributed by atoms with E-state index < -0.39 is 16.0 Å². The monoisotopic (exact) mass is 409 g/mol. The maximum atomic E-state index is 12.3. The van der Waals surface area contributed by atoms with Crippen molar-refractivity contribution in [2.24, 2.45) is 0 Å². The number of aryl methyl sites for hydroxylation is 1. The number of aromatic carboxylic acids is 1. The van der Waals surface area contributed by atoms with Crippen molar-refractivity contribution in [2.45, 2.75) is 11.8 Å². The smallest absolute Gasteiger partial charge is 0.345 e. The van der Waals surface area contributed by atoms with Gasteiger partial charge in [0.1, 0.15) is 9.77 Å². The maximum Gasteiger partial charge on any atom is 0.345 e. The average molecular weight is 411 g/mol. The molecule has 1 aromatic carbocycles. The van der Waals surface area contributed by atoms with Crippen LogP contribution in [0.1, 0.15) is 14.5 Å². The molecule has 0 spiro atoms. The van der Waals surface area contributed by atoms with Gasteiger partial charge in [0.2, 0.25) is 0 Å². The van der Waals surface area contributed by atoms with Crippen LogP contribution < -0.4 is 4.72 Å². The van der Waals surface area contributed by atoms with Crippen molar-refractivity contribution < 1.29 is 18.3 Å². The number of hydrogen-bond acceptors (Lipinski definition) is 4. The first-order chi connectivity index (χ1) is 9.70. The first-order valence-electron chi connectivity index (χ1n) is 5.52. The summed E-state index contributed by atoms with van der Waals surface area (Å²) in [6.45, 7) is 1.56. The van der Waals surface area contributed by atoms with E-state index in [4.69, 9.17) is 16.7 Å². The molecule has 2 N–H and O–H groups in total. The number of nitrogens with one attached hydrogen (secondary N) is 1. The molecule has 9 heteroatoms. The SMILES string of the molecule is Cc1sc(C(=O)O)cc1S(=O)(=O)Nc1ccc(Cl)c(Br)c1. The van der Waals surface area contributed by atoms with E-state index in [9.17, 15) is 13.2 Å². The molecule has 112 valence electrons. The summed E-state index contributed by atoms with van der Waals surface area (Å²) in [6, 6.07) is 5.74. The molecule has 2 aromatic rings. The number of carbonyl (C=O) groups is 1. The first-order valence-corrected chi connectivity index (χ1v) is 8.99. The number of benzene rings is 1. The molecule has 0 aliphatic heterocycles. The highest BCUT2D eigenvalue weighted by molar-refractivity contribution is 9.10. The molecule has 0 aliphatic rings. The van der Waals surface area contributed by atoms with Crippen molar-refractivity contribution in [3.05, 3.63) is 43.5 Å². The van der Waals surface area contributed by atoms with Crippen LogP contribution >= 0.6 is 38.9 Å². The molecule has 2 rings (SSSR count). The minimum atomic E-state index is -3.85. The largest absolute Gasteiger partial charge is 0.477 e. The molecule has 0 aliphatic carbocycles. The van der Waals surface area contributed by atoms with E-state index >= 15 is 0 Å². The van der Waals surface area contributed by atoms with Crippen molar-refractivity contribution in [1.29, 1.82) is 0 Å². The van der Waals surface area contributed by atoms with Crippen molar-refractivity contribution in [3.8, 4) is 0 Å². The van der Waals surface area contributed by atoms with Gasteiger partial charge in [0.05, 0.1) is 10.7 Å². The Labute approximate surface area is 138 Å². The predicted molar refractivity (Wildman–Crippen MR) is 86.0 cm³/mol. The van der Waals surface area contributed by atoms with Crippen LogP contribution in [-0.4, -0.2) is 19.5 Å². The fourth-order valence-corrected chi connectivity index (χ4v) is 4.58. The van der Waals surface area contributed by atoms with Gasteiger partial charge in [0.25, 0.3) is 10.0 Å². The zero-order valence-corrected chi connectivity index (χ0v) is 14.5. The fourth-order valence-electron chi connectivity index (χ4n) is 1.61. The molecule has 0 saturated heterocycles. The normalized spacial score (nSPS) is 11.4. The van der Waals surface area contributed by atoms with Gasteiger partial charge in [-0.1, -0.05) is 11.6 Å². The number of halogens is 2. The number of anilines is 1. The van der Waals surface area contributed by atoms with E-state index in [-0.39, 0.29) is 9.77 Å². The molecule has 0 bridgehead atoms. The average Bonchev–Trinajstić information content (AvgIpc) is 2.77. The van der Waals surface area contributed by atoms with Gasteiger partial charge in [-0.05, 0) is 47.1 Å². The van der Waals surface area contributed by atoms with Crippen molar-refractivity contribution in [3.63, 3.8) is 0 Å². The molecular weight excluding hydrogens is 402 g/mol. The number of rotatable bonds is 4. The zero-order valence-electron chi connectivity index (χ0n) is 10.6. The van der Waals surface area contributed by atoms with E-state index in [0.717, 1.165) is 17.4 Å². The third kappa shape index (κ3) is 3.57. The lowest BCUT2D eigenvalue weighted by Gasteiger charge is -2.08. The van der Waals surface area contributed by atoms with E-state index in [1.165, 1.54) is 12.1 Å². The Hall–Kier alpha value is -1.09. The molecular formula is C12H9BrClNO4S2. The van der Waals surface area contributed by atoms with Crippen LogP contribution in [0.25, 0.3) is 0 Å². The first kappa shape index (κ1) is 16.3. The van der Waals surface area contributed by atoms with Crippen LogP contribution in [0.4, 0.5) is 5.69 Å². The molecule has 1 heterocycles. The second-order valence-electron chi connectivity index (χ2n) is 4.07. The molecule has 0 saturated carbocycles. The Morgan fingerprint density at radius 3 is 2.57 bits per heavy atom. The van der Waals surface area contributed by atoms with E-state index in [1.807, 2.05) is 0 Å². The van der Waals surface area contributed by atoms with Gasteiger partial charge in [0.15, 0.2) is 0 Å². The number of thiophene rings is 1. The third-order valence-electron chi connectivity index (χ3n) is 2.54. The summed E-state index contributed by atoms with van der Waals surface area (Å²) >= 11 is 9.97. The molecule has 0 unspecified atom stereocenters. The predicted octanol–water partition coefficient (Wildman–Crippen LogP) is 3.97. The van der Waals surface area contributed by atoms with Gasteiger partial charge in [-0.15, -0.1) is 11.3 Å². The second kappa shape index (κ2) is 5.96. The fraction of sp³-hybridized carbons (Fsp3) is 0.0833. The summed E-state index contributed by atoms with van der Waals surface area (Å²) in [7, 11) is -3.85. The number of carboxylic acid groups (broad SMARTS) is 1. The molecule has 0 atom stereocenters. The van der Waals surface area contributed by atoms with Crippen LogP contribution in [0.5, 0.6) is 0 Å². The van der Waals surface area contributed by atoms with E-state index in [1.54, 1.807) is 13.0 Å². The topological polar surface area (TPSA) is 83.5 Å². The summed E-state index contributed by atoms with van der Waals surface area (Å²) < 4.78 is 27.6. The zero-order chi connectivity index (χ0) is 15.8. The van der Waals surface area contributed by atoms with Crippen molar-refractivity contribution in [1.82, 2.24) is 0 Å². The molecule has 1 aromatic heterocycles. The lowest BCUT2D eigenvalue weighted by molar-refractivity contribution is 0.0702.